The third kappa shape index (κ3) is 2.34. The summed E-state index contributed by atoms with van der Waals surface area (Å²) in [6, 6.07) is 8.28. The highest BCUT2D eigenvalue weighted by Gasteiger charge is 2.42. The quantitative estimate of drug-likeness (QED) is 0.749. The number of aromatic amines is 1. The van der Waals surface area contributed by atoms with Crippen LogP contribution in [0.1, 0.15) is 13.8 Å². The smallest absolute Gasteiger partial charge is 0.189 e. The number of rotatable bonds is 3. The fourth-order valence-electron chi connectivity index (χ4n) is 2.97. The molecule has 3 heterocycles. The minimum absolute atomic E-state index is 0.245. The molecule has 2 aromatic heterocycles. The Bertz CT molecular complexity index is 867. The van der Waals surface area contributed by atoms with Crippen molar-refractivity contribution >= 4 is 33.7 Å². The Labute approximate surface area is 137 Å². The fraction of sp³-hybridized carbons (Fsp3) is 0.294. The summed E-state index contributed by atoms with van der Waals surface area (Å²) >= 11 is 1.54. The van der Waals surface area contributed by atoms with E-state index in [0.29, 0.717) is 6.61 Å². The van der Waals surface area contributed by atoms with E-state index >= 15 is 0 Å². The SMILES string of the molecule is CC1(C)COC(C=O)N1c1nc(-c2ccc3[nH]ccc3c2)cs1. The maximum absolute atomic E-state index is 11.3. The summed E-state index contributed by atoms with van der Waals surface area (Å²) in [5.74, 6) is 0. The molecule has 1 aliphatic heterocycles. The van der Waals surface area contributed by atoms with Crippen molar-refractivity contribution in [1.82, 2.24) is 9.97 Å². The van der Waals surface area contributed by atoms with Gasteiger partial charge in [-0.3, -0.25) is 4.79 Å². The van der Waals surface area contributed by atoms with Crippen LogP contribution in [0, 0.1) is 0 Å². The number of fused-ring (bicyclic) bond motifs is 1. The molecule has 1 saturated heterocycles. The lowest BCUT2D eigenvalue weighted by Gasteiger charge is -2.30. The molecule has 0 amide bonds. The summed E-state index contributed by atoms with van der Waals surface area (Å²) in [4.78, 5) is 21.2. The Hall–Kier alpha value is -2.18. The molecule has 0 bridgehead atoms. The monoisotopic (exact) mass is 327 g/mol. The summed E-state index contributed by atoms with van der Waals surface area (Å²) in [6.07, 6.45) is 2.21. The highest BCUT2D eigenvalue weighted by Crippen LogP contribution is 2.36. The van der Waals surface area contributed by atoms with Crippen molar-refractivity contribution < 1.29 is 9.53 Å². The molecular formula is C17H17N3O2S. The van der Waals surface area contributed by atoms with Crippen LogP contribution in [0.15, 0.2) is 35.8 Å². The van der Waals surface area contributed by atoms with Gasteiger partial charge in [-0.2, -0.15) is 0 Å². The van der Waals surface area contributed by atoms with Crippen molar-refractivity contribution in [3.05, 3.63) is 35.8 Å². The summed E-state index contributed by atoms with van der Waals surface area (Å²) in [6.45, 7) is 4.63. The number of anilines is 1. The number of aldehydes is 1. The van der Waals surface area contributed by atoms with E-state index in [1.807, 2.05) is 22.5 Å². The predicted octanol–water partition coefficient (Wildman–Crippen LogP) is 3.43. The molecule has 0 saturated carbocycles. The minimum Gasteiger partial charge on any atom is -0.361 e. The molecule has 0 spiro atoms. The third-order valence-corrected chi connectivity index (χ3v) is 5.02. The van der Waals surface area contributed by atoms with Crippen LogP contribution in [0.25, 0.3) is 22.2 Å². The number of benzene rings is 1. The minimum atomic E-state index is -0.559. The summed E-state index contributed by atoms with van der Waals surface area (Å²) in [5, 5.41) is 4.00. The lowest BCUT2D eigenvalue weighted by Crippen LogP contribution is -2.45. The number of thiazole rings is 1. The average molecular weight is 327 g/mol. The van der Waals surface area contributed by atoms with Crippen molar-refractivity contribution in [1.29, 1.82) is 0 Å². The van der Waals surface area contributed by atoms with Crippen LogP contribution in [0.4, 0.5) is 5.13 Å². The summed E-state index contributed by atoms with van der Waals surface area (Å²) < 4.78 is 5.57. The van der Waals surface area contributed by atoms with Crippen LogP contribution in [-0.2, 0) is 9.53 Å². The van der Waals surface area contributed by atoms with Crippen LogP contribution in [-0.4, -0.2) is 34.6 Å². The second-order valence-corrected chi connectivity index (χ2v) is 7.15. The zero-order valence-electron chi connectivity index (χ0n) is 12.9. The van der Waals surface area contributed by atoms with E-state index in [-0.39, 0.29) is 5.54 Å². The second kappa shape index (κ2) is 5.18. The number of nitrogens with zero attached hydrogens (tertiary/aromatic N) is 2. The molecule has 1 aromatic carbocycles. The largest absolute Gasteiger partial charge is 0.361 e. The number of ether oxygens (including phenoxy) is 1. The Morgan fingerprint density at radius 2 is 2.30 bits per heavy atom. The molecule has 6 heteroatoms. The van der Waals surface area contributed by atoms with Gasteiger partial charge in [-0.15, -0.1) is 11.3 Å². The van der Waals surface area contributed by atoms with Gasteiger partial charge in [0.25, 0.3) is 0 Å². The van der Waals surface area contributed by atoms with Crippen molar-refractivity contribution in [3.63, 3.8) is 0 Å². The molecule has 5 nitrogen and oxygen atoms in total. The molecule has 0 aliphatic carbocycles. The molecule has 1 unspecified atom stereocenters. The predicted molar refractivity (Wildman–Crippen MR) is 91.8 cm³/mol. The fourth-order valence-corrected chi connectivity index (χ4v) is 3.99. The molecule has 4 rings (SSSR count). The van der Waals surface area contributed by atoms with Gasteiger partial charge in [-0.25, -0.2) is 4.98 Å². The number of hydrogen-bond donors (Lipinski definition) is 1. The number of H-pyrrole nitrogens is 1. The van der Waals surface area contributed by atoms with E-state index < -0.39 is 6.23 Å². The van der Waals surface area contributed by atoms with E-state index in [2.05, 4.69) is 37.0 Å². The molecular weight excluding hydrogens is 310 g/mol. The first-order valence-corrected chi connectivity index (χ1v) is 8.36. The lowest BCUT2D eigenvalue weighted by molar-refractivity contribution is -0.115. The van der Waals surface area contributed by atoms with Crippen molar-refractivity contribution in [2.24, 2.45) is 0 Å². The van der Waals surface area contributed by atoms with Crippen LogP contribution in [0.3, 0.4) is 0 Å². The Morgan fingerprint density at radius 3 is 3.13 bits per heavy atom. The van der Waals surface area contributed by atoms with Gasteiger partial charge in [0.15, 0.2) is 17.6 Å². The van der Waals surface area contributed by atoms with Crippen molar-refractivity contribution in [2.45, 2.75) is 25.6 Å². The number of carbonyl (C=O) groups is 1. The van der Waals surface area contributed by atoms with Crippen LogP contribution < -0.4 is 4.90 Å². The van der Waals surface area contributed by atoms with Crippen LogP contribution >= 0.6 is 11.3 Å². The number of carbonyl (C=O) groups excluding carboxylic acids is 1. The van der Waals surface area contributed by atoms with E-state index in [1.54, 1.807) is 0 Å². The van der Waals surface area contributed by atoms with Gasteiger partial charge >= 0.3 is 0 Å². The molecule has 118 valence electrons. The molecule has 1 N–H and O–H groups in total. The zero-order chi connectivity index (χ0) is 16.0. The lowest BCUT2D eigenvalue weighted by atomic mass is 10.1. The summed E-state index contributed by atoms with van der Waals surface area (Å²) in [5.41, 5.74) is 2.85. The molecule has 3 aromatic rings. The first-order chi connectivity index (χ1) is 11.1. The standard InChI is InChI=1S/C17H17N3O2S/c1-17(2)10-22-15(8-21)20(17)16-19-14(9-23-16)11-3-4-13-12(7-11)5-6-18-13/h3-9,15,18H,10H2,1-2H3. The Morgan fingerprint density at radius 1 is 1.43 bits per heavy atom. The van der Waals surface area contributed by atoms with Crippen molar-refractivity contribution in [3.8, 4) is 11.3 Å². The molecule has 1 fully saturated rings. The maximum Gasteiger partial charge on any atom is 0.189 e. The first-order valence-electron chi connectivity index (χ1n) is 7.48. The van der Waals surface area contributed by atoms with Gasteiger partial charge in [-0.1, -0.05) is 6.07 Å². The normalized spacial score (nSPS) is 20.3. The van der Waals surface area contributed by atoms with Crippen molar-refractivity contribution in [2.75, 3.05) is 11.5 Å². The van der Waals surface area contributed by atoms with E-state index in [0.717, 1.165) is 33.6 Å². The molecule has 23 heavy (non-hydrogen) atoms. The van der Waals surface area contributed by atoms with Gasteiger partial charge < -0.3 is 14.6 Å². The maximum atomic E-state index is 11.3. The number of hydrogen-bond acceptors (Lipinski definition) is 5. The Kier molecular flexibility index (Phi) is 3.25. The highest BCUT2D eigenvalue weighted by molar-refractivity contribution is 7.14. The van der Waals surface area contributed by atoms with Gasteiger partial charge in [-0.05, 0) is 32.0 Å². The zero-order valence-corrected chi connectivity index (χ0v) is 13.8. The van der Waals surface area contributed by atoms with Gasteiger partial charge in [0.2, 0.25) is 0 Å². The molecule has 1 aliphatic rings. The second-order valence-electron chi connectivity index (χ2n) is 6.32. The summed E-state index contributed by atoms with van der Waals surface area (Å²) in [7, 11) is 0. The topological polar surface area (TPSA) is 58.2 Å². The van der Waals surface area contributed by atoms with Gasteiger partial charge in [0, 0.05) is 28.0 Å². The first kappa shape index (κ1) is 14.4. The number of nitrogens with one attached hydrogen (secondary N) is 1. The molecule has 0 radical (unpaired) electrons. The molecule has 1 atom stereocenters. The van der Waals surface area contributed by atoms with E-state index in [9.17, 15) is 4.79 Å². The van der Waals surface area contributed by atoms with E-state index in [4.69, 9.17) is 9.72 Å². The van der Waals surface area contributed by atoms with E-state index in [1.165, 1.54) is 11.3 Å². The highest BCUT2D eigenvalue weighted by atomic mass is 32.1. The third-order valence-electron chi connectivity index (χ3n) is 4.18. The van der Waals surface area contributed by atoms with Crippen LogP contribution in [0.2, 0.25) is 0 Å². The average Bonchev–Trinajstić information content (AvgIpc) is 3.23. The van der Waals surface area contributed by atoms with Gasteiger partial charge in [0.1, 0.15) is 0 Å². The Balaban J connectivity index is 1.72. The van der Waals surface area contributed by atoms with Crippen LogP contribution in [0.5, 0.6) is 0 Å². The van der Waals surface area contributed by atoms with Gasteiger partial charge in [0.05, 0.1) is 17.8 Å². The number of aromatic nitrogens is 2.